The first-order chi connectivity index (χ1) is 18.8. The molecule has 0 spiro atoms. The summed E-state index contributed by atoms with van der Waals surface area (Å²) in [6, 6.07) is 18.9. The third-order valence-electron chi connectivity index (χ3n) is 7.32. The van der Waals surface area contributed by atoms with Crippen LogP contribution in [-0.2, 0) is 11.0 Å². The Bertz CT molecular complexity index is 1440. The highest BCUT2D eigenvalue weighted by atomic mass is 19.4. The molecule has 1 saturated heterocycles. The number of hydrogen-bond acceptors (Lipinski definition) is 4. The Kier molecular flexibility index (Phi) is 7.41. The number of anilines is 1. The quantitative estimate of drug-likeness (QED) is 0.311. The molecule has 39 heavy (non-hydrogen) atoms. The molecule has 1 aromatic heterocycles. The number of carbonyl (C=O) groups is 1. The molecule has 5 rings (SSSR count). The zero-order valence-corrected chi connectivity index (χ0v) is 21.8. The number of halogens is 3. The standard InChI is InChI=1S/C30H30F3N3O3/c1-38-23-14-20(15-24(17-23)39-2)26(27-19-34-28-9-4-3-8-25(27)28)18-29(37)36-12-10-35(11-13-36)22-7-5-6-21(16-22)30(31,32)33/h3-9,14-17,19,26,34H,10-13,18H2,1-2H3. The summed E-state index contributed by atoms with van der Waals surface area (Å²) < 4.78 is 50.5. The summed E-state index contributed by atoms with van der Waals surface area (Å²) in [6.45, 7) is 1.77. The molecule has 2 heterocycles. The van der Waals surface area contributed by atoms with Crippen LogP contribution in [0, 0.1) is 0 Å². The van der Waals surface area contributed by atoms with Crippen LogP contribution in [0.5, 0.6) is 11.5 Å². The number of ether oxygens (including phenoxy) is 2. The molecular formula is C30H30F3N3O3. The molecule has 3 aromatic carbocycles. The molecule has 6 nitrogen and oxygen atoms in total. The summed E-state index contributed by atoms with van der Waals surface area (Å²) in [7, 11) is 3.18. The van der Waals surface area contributed by atoms with Crippen molar-refractivity contribution >= 4 is 22.5 Å². The molecule has 0 saturated carbocycles. The monoisotopic (exact) mass is 537 g/mol. The highest BCUT2D eigenvalue weighted by Crippen LogP contribution is 2.38. The molecule has 0 bridgehead atoms. The van der Waals surface area contributed by atoms with Gasteiger partial charge in [0, 0.05) is 67.4 Å². The molecule has 9 heteroatoms. The van der Waals surface area contributed by atoms with Crippen LogP contribution in [0.3, 0.4) is 0 Å². The Hall–Kier alpha value is -4.14. The highest BCUT2D eigenvalue weighted by Gasteiger charge is 2.32. The van der Waals surface area contributed by atoms with Crippen LogP contribution in [0.25, 0.3) is 10.9 Å². The van der Waals surface area contributed by atoms with Crippen LogP contribution in [0.15, 0.2) is 72.9 Å². The molecule has 1 amide bonds. The van der Waals surface area contributed by atoms with Gasteiger partial charge in [0.2, 0.25) is 5.91 Å². The molecule has 1 fully saturated rings. The van der Waals surface area contributed by atoms with Gasteiger partial charge in [0.15, 0.2) is 0 Å². The average molecular weight is 538 g/mol. The van der Waals surface area contributed by atoms with Gasteiger partial charge in [-0.3, -0.25) is 4.79 Å². The minimum atomic E-state index is -4.39. The lowest BCUT2D eigenvalue weighted by Crippen LogP contribution is -2.49. The largest absolute Gasteiger partial charge is 0.497 e. The molecule has 1 N–H and O–H groups in total. The predicted octanol–water partition coefficient (Wildman–Crippen LogP) is 6.07. The molecule has 1 aliphatic rings. The molecule has 0 radical (unpaired) electrons. The normalized spacial score (nSPS) is 14.9. The van der Waals surface area contributed by atoms with Gasteiger partial charge in [0.1, 0.15) is 11.5 Å². The smallest absolute Gasteiger partial charge is 0.416 e. The second kappa shape index (κ2) is 10.9. The Balaban J connectivity index is 1.37. The number of methoxy groups -OCH3 is 2. The van der Waals surface area contributed by atoms with Gasteiger partial charge in [-0.05, 0) is 47.5 Å². The number of aromatic amines is 1. The van der Waals surface area contributed by atoms with Gasteiger partial charge >= 0.3 is 6.18 Å². The van der Waals surface area contributed by atoms with Gasteiger partial charge in [0.25, 0.3) is 0 Å². The third-order valence-corrected chi connectivity index (χ3v) is 7.32. The van der Waals surface area contributed by atoms with Crippen molar-refractivity contribution in [3.63, 3.8) is 0 Å². The summed E-state index contributed by atoms with van der Waals surface area (Å²) >= 11 is 0. The summed E-state index contributed by atoms with van der Waals surface area (Å²) in [6.07, 6.45) is -2.23. The van der Waals surface area contributed by atoms with Crippen molar-refractivity contribution in [2.45, 2.75) is 18.5 Å². The van der Waals surface area contributed by atoms with Crippen LogP contribution in [0.2, 0.25) is 0 Å². The molecule has 4 aromatic rings. The van der Waals surface area contributed by atoms with Crippen molar-refractivity contribution < 1.29 is 27.4 Å². The van der Waals surface area contributed by atoms with E-state index in [1.807, 2.05) is 47.5 Å². The third kappa shape index (κ3) is 5.67. The van der Waals surface area contributed by atoms with Crippen molar-refractivity contribution in [2.75, 3.05) is 45.3 Å². The van der Waals surface area contributed by atoms with Gasteiger partial charge in [-0.2, -0.15) is 13.2 Å². The maximum absolute atomic E-state index is 13.6. The van der Waals surface area contributed by atoms with E-state index in [0.29, 0.717) is 43.4 Å². The Labute approximate surface area is 224 Å². The number of fused-ring (bicyclic) bond motifs is 1. The predicted molar refractivity (Wildman–Crippen MR) is 145 cm³/mol. The highest BCUT2D eigenvalue weighted by molar-refractivity contribution is 5.86. The average Bonchev–Trinajstić information content (AvgIpc) is 3.39. The second-order valence-electron chi connectivity index (χ2n) is 9.61. The van der Waals surface area contributed by atoms with Gasteiger partial charge < -0.3 is 24.3 Å². The second-order valence-corrected chi connectivity index (χ2v) is 9.61. The number of piperazine rings is 1. The number of alkyl halides is 3. The van der Waals surface area contributed by atoms with E-state index in [1.54, 1.807) is 31.3 Å². The van der Waals surface area contributed by atoms with E-state index in [2.05, 4.69) is 4.98 Å². The number of H-pyrrole nitrogens is 1. The van der Waals surface area contributed by atoms with E-state index in [-0.39, 0.29) is 18.2 Å². The Morgan fingerprint density at radius 3 is 2.28 bits per heavy atom. The molecule has 0 aliphatic carbocycles. The fraction of sp³-hybridized carbons (Fsp3) is 0.300. The SMILES string of the molecule is COc1cc(OC)cc(C(CC(=O)N2CCN(c3cccc(C(F)(F)F)c3)CC2)c2c[nH]c3ccccc23)c1. The topological polar surface area (TPSA) is 57.8 Å². The van der Waals surface area contributed by atoms with Crippen LogP contribution >= 0.6 is 0 Å². The van der Waals surface area contributed by atoms with Crippen molar-refractivity contribution in [3.8, 4) is 11.5 Å². The lowest BCUT2D eigenvalue weighted by Gasteiger charge is -2.37. The Morgan fingerprint density at radius 1 is 0.923 bits per heavy atom. The van der Waals surface area contributed by atoms with Crippen molar-refractivity contribution in [2.24, 2.45) is 0 Å². The van der Waals surface area contributed by atoms with Gasteiger partial charge in [-0.1, -0.05) is 24.3 Å². The van der Waals surface area contributed by atoms with Crippen LogP contribution < -0.4 is 14.4 Å². The Morgan fingerprint density at radius 2 is 1.62 bits per heavy atom. The first kappa shape index (κ1) is 26.5. The van der Waals surface area contributed by atoms with Crippen LogP contribution in [0.4, 0.5) is 18.9 Å². The summed E-state index contributed by atoms with van der Waals surface area (Å²) in [5.41, 5.74) is 2.71. The van der Waals surface area contributed by atoms with E-state index in [1.165, 1.54) is 12.1 Å². The number of hydrogen-bond donors (Lipinski definition) is 1. The fourth-order valence-electron chi connectivity index (χ4n) is 5.22. The van der Waals surface area contributed by atoms with E-state index < -0.39 is 11.7 Å². The van der Waals surface area contributed by atoms with Gasteiger partial charge in [-0.15, -0.1) is 0 Å². The van der Waals surface area contributed by atoms with E-state index in [9.17, 15) is 18.0 Å². The molecule has 204 valence electrons. The van der Waals surface area contributed by atoms with Gasteiger partial charge in [-0.25, -0.2) is 0 Å². The first-order valence-corrected chi connectivity index (χ1v) is 12.8. The number of benzene rings is 3. The summed E-state index contributed by atoms with van der Waals surface area (Å²) in [5, 5.41) is 1.03. The minimum Gasteiger partial charge on any atom is -0.497 e. The maximum atomic E-state index is 13.6. The number of rotatable bonds is 7. The van der Waals surface area contributed by atoms with Crippen LogP contribution in [0.1, 0.15) is 29.0 Å². The number of para-hydroxylation sites is 1. The molecule has 1 unspecified atom stereocenters. The van der Waals surface area contributed by atoms with E-state index in [0.717, 1.165) is 28.1 Å². The number of nitrogens with zero attached hydrogens (tertiary/aromatic N) is 2. The van der Waals surface area contributed by atoms with Crippen molar-refractivity contribution in [3.05, 3.63) is 89.6 Å². The number of aromatic nitrogens is 1. The lowest BCUT2D eigenvalue weighted by atomic mass is 9.87. The van der Waals surface area contributed by atoms with Crippen molar-refractivity contribution in [1.82, 2.24) is 9.88 Å². The zero-order chi connectivity index (χ0) is 27.6. The molecule has 1 atom stereocenters. The fourth-order valence-corrected chi connectivity index (χ4v) is 5.22. The lowest BCUT2D eigenvalue weighted by molar-refractivity contribution is -0.137. The van der Waals surface area contributed by atoms with Crippen molar-refractivity contribution in [1.29, 1.82) is 0 Å². The first-order valence-electron chi connectivity index (χ1n) is 12.8. The van der Waals surface area contributed by atoms with E-state index in [4.69, 9.17) is 9.47 Å². The van der Waals surface area contributed by atoms with Gasteiger partial charge in [0.05, 0.1) is 19.8 Å². The zero-order valence-electron chi connectivity index (χ0n) is 21.8. The maximum Gasteiger partial charge on any atom is 0.416 e. The number of amides is 1. The molecule has 1 aliphatic heterocycles. The molecular weight excluding hydrogens is 507 g/mol. The van der Waals surface area contributed by atoms with Crippen LogP contribution in [-0.4, -0.2) is 56.2 Å². The summed E-state index contributed by atoms with van der Waals surface area (Å²) in [5.74, 6) is 0.989. The minimum absolute atomic E-state index is 0.0178. The number of nitrogens with one attached hydrogen (secondary N) is 1. The summed E-state index contributed by atoms with van der Waals surface area (Å²) in [4.78, 5) is 20.6. The number of carbonyl (C=O) groups excluding carboxylic acids is 1. The van der Waals surface area contributed by atoms with E-state index >= 15 is 0 Å².